The number of carbonyl (C=O) groups excluding carboxylic acids is 1. The van der Waals surface area contributed by atoms with Crippen LogP contribution < -0.4 is 0 Å². The van der Waals surface area contributed by atoms with Crippen LogP contribution in [0.2, 0.25) is 5.02 Å². The smallest absolute Gasteiger partial charge is 0.297 e. The summed E-state index contributed by atoms with van der Waals surface area (Å²) in [5, 5.41) is 3.79. The Morgan fingerprint density at radius 1 is 0.917 bits per heavy atom. The number of aromatic nitrogens is 3. The molecule has 0 bridgehead atoms. The van der Waals surface area contributed by atoms with Gasteiger partial charge in [-0.1, -0.05) is 72.3 Å². The molecule has 1 fully saturated rings. The normalized spacial score (nSPS) is 15.4. The van der Waals surface area contributed by atoms with Gasteiger partial charge in [0.2, 0.25) is 0 Å². The molecular weight excluding hydrogens is 491 g/mol. The van der Waals surface area contributed by atoms with E-state index in [4.69, 9.17) is 11.6 Å². The molecule has 4 aromatic rings. The highest BCUT2D eigenvalue weighted by atomic mass is 35.5. The minimum absolute atomic E-state index is 0.0235. The van der Waals surface area contributed by atoms with E-state index in [-0.39, 0.29) is 28.6 Å². The van der Waals surface area contributed by atoms with E-state index in [1.807, 2.05) is 23.1 Å². The van der Waals surface area contributed by atoms with Crippen molar-refractivity contribution in [1.29, 1.82) is 0 Å². The lowest BCUT2D eigenvalue weighted by Crippen LogP contribution is -2.47. The molecule has 0 unspecified atom stereocenters. The minimum atomic E-state index is -4.71. The quantitative estimate of drug-likeness (QED) is 0.337. The molecule has 3 heterocycles. The van der Waals surface area contributed by atoms with Crippen LogP contribution in [0, 0.1) is 0 Å². The molecule has 186 valence electrons. The third-order valence-electron chi connectivity index (χ3n) is 6.24. The molecule has 1 aliphatic rings. The van der Waals surface area contributed by atoms with Crippen LogP contribution in [0.5, 0.6) is 0 Å². The predicted molar refractivity (Wildman–Crippen MR) is 131 cm³/mol. The van der Waals surface area contributed by atoms with Gasteiger partial charge in [-0.15, -0.1) is 0 Å². The van der Waals surface area contributed by atoms with Crippen LogP contribution in [-0.2, 0) is 12.7 Å². The van der Waals surface area contributed by atoms with Crippen LogP contribution in [0.3, 0.4) is 0 Å². The summed E-state index contributed by atoms with van der Waals surface area (Å²) < 4.78 is 42.3. The number of ketones is 1. The molecule has 1 saturated heterocycles. The number of piperazine rings is 1. The van der Waals surface area contributed by atoms with Gasteiger partial charge in [0, 0.05) is 38.3 Å². The number of halogens is 4. The first-order valence-electron chi connectivity index (χ1n) is 11.5. The Balaban J connectivity index is 1.35. The van der Waals surface area contributed by atoms with Crippen molar-refractivity contribution < 1.29 is 18.0 Å². The fourth-order valence-corrected chi connectivity index (χ4v) is 4.62. The average Bonchev–Trinajstić information content (AvgIpc) is 3.21. The molecule has 1 aliphatic heterocycles. The Morgan fingerprint density at radius 2 is 1.53 bits per heavy atom. The minimum Gasteiger partial charge on any atom is -0.297 e. The van der Waals surface area contributed by atoms with E-state index in [0.29, 0.717) is 23.2 Å². The van der Waals surface area contributed by atoms with Gasteiger partial charge in [-0.2, -0.15) is 18.3 Å². The molecule has 2 aromatic carbocycles. The van der Waals surface area contributed by atoms with Crippen molar-refractivity contribution in [2.75, 3.05) is 32.7 Å². The highest BCUT2D eigenvalue weighted by Crippen LogP contribution is 2.34. The molecule has 2 aromatic heterocycles. The molecule has 0 spiro atoms. The third-order valence-corrected chi connectivity index (χ3v) is 6.59. The summed E-state index contributed by atoms with van der Waals surface area (Å²) in [5.41, 5.74) is 0.394. The molecule has 0 N–H and O–H groups in total. The zero-order chi connectivity index (χ0) is 25.3. The van der Waals surface area contributed by atoms with Gasteiger partial charge < -0.3 is 0 Å². The molecule has 6 nitrogen and oxygen atoms in total. The van der Waals surface area contributed by atoms with Gasteiger partial charge in [-0.3, -0.25) is 14.6 Å². The van der Waals surface area contributed by atoms with Gasteiger partial charge in [0.15, 0.2) is 22.8 Å². The maximum atomic E-state index is 13.9. The first-order valence-corrected chi connectivity index (χ1v) is 11.9. The number of hydrogen-bond donors (Lipinski definition) is 0. The standard InChI is InChI=1S/C26H23ClF3N5O/c27-23-24(21(36)17-34-13-11-33(12-14-34)16-18-7-3-1-4-8-18)32-35-22(26(28,29)30)15-20(31-25(23)35)19-9-5-2-6-10-19/h1-10,15H,11-14,16-17H2. The van der Waals surface area contributed by atoms with Crippen LogP contribution in [0.4, 0.5) is 13.2 Å². The van der Waals surface area contributed by atoms with E-state index in [1.165, 1.54) is 5.56 Å². The lowest BCUT2D eigenvalue weighted by atomic mass is 10.1. The van der Waals surface area contributed by atoms with Crippen molar-refractivity contribution >= 4 is 23.0 Å². The summed E-state index contributed by atoms with van der Waals surface area (Å²) in [6.45, 7) is 3.73. The Morgan fingerprint density at radius 3 is 2.17 bits per heavy atom. The van der Waals surface area contributed by atoms with Crippen molar-refractivity contribution in [2.24, 2.45) is 0 Å². The Bertz CT molecular complexity index is 1370. The molecular formula is C26H23ClF3N5O. The topological polar surface area (TPSA) is 53.7 Å². The summed E-state index contributed by atoms with van der Waals surface area (Å²) in [7, 11) is 0. The van der Waals surface area contributed by atoms with E-state index in [9.17, 15) is 18.0 Å². The van der Waals surface area contributed by atoms with E-state index in [0.717, 1.165) is 25.7 Å². The number of hydrogen-bond acceptors (Lipinski definition) is 5. The number of Topliss-reactive ketones (excluding diaryl/α,β-unsaturated/α-hetero) is 1. The molecule has 10 heteroatoms. The lowest BCUT2D eigenvalue weighted by molar-refractivity contribution is -0.142. The third kappa shape index (κ3) is 5.13. The fourth-order valence-electron chi connectivity index (χ4n) is 4.35. The van der Waals surface area contributed by atoms with Gasteiger partial charge in [0.05, 0.1) is 12.2 Å². The summed E-state index contributed by atoms with van der Waals surface area (Å²) >= 11 is 6.40. The van der Waals surface area contributed by atoms with Gasteiger partial charge in [0.1, 0.15) is 5.02 Å². The van der Waals surface area contributed by atoms with Crippen molar-refractivity contribution in [3.8, 4) is 11.3 Å². The van der Waals surface area contributed by atoms with Crippen LogP contribution in [0.25, 0.3) is 16.9 Å². The summed E-state index contributed by atoms with van der Waals surface area (Å²) in [5.74, 6) is -0.434. The summed E-state index contributed by atoms with van der Waals surface area (Å²) in [4.78, 5) is 21.7. The highest BCUT2D eigenvalue weighted by Gasteiger charge is 2.37. The average molecular weight is 514 g/mol. The van der Waals surface area contributed by atoms with Crippen molar-refractivity contribution in [3.63, 3.8) is 0 Å². The number of carbonyl (C=O) groups is 1. The fraction of sp³-hybridized carbons (Fsp3) is 0.269. The second kappa shape index (κ2) is 10.0. The van der Waals surface area contributed by atoms with Gasteiger partial charge >= 0.3 is 6.18 Å². The molecule has 36 heavy (non-hydrogen) atoms. The molecule has 5 rings (SSSR count). The lowest BCUT2D eigenvalue weighted by Gasteiger charge is -2.34. The first-order chi connectivity index (χ1) is 17.3. The largest absolute Gasteiger partial charge is 0.433 e. The maximum Gasteiger partial charge on any atom is 0.433 e. The van der Waals surface area contributed by atoms with Crippen LogP contribution in [0.15, 0.2) is 66.7 Å². The summed E-state index contributed by atoms with van der Waals surface area (Å²) in [6, 6.07) is 19.6. The van der Waals surface area contributed by atoms with Gasteiger partial charge in [-0.25, -0.2) is 9.50 Å². The Kier molecular flexibility index (Phi) is 6.79. The van der Waals surface area contributed by atoms with Crippen molar-refractivity contribution in [1.82, 2.24) is 24.4 Å². The Hall–Kier alpha value is -3.27. The number of benzene rings is 2. The van der Waals surface area contributed by atoms with Crippen LogP contribution in [-0.4, -0.2) is 62.9 Å². The van der Waals surface area contributed by atoms with Crippen LogP contribution >= 0.6 is 11.6 Å². The zero-order valence-electron chi connectivity index (χ0n) is 19.2. The Labute approximate surface area is 210 Å². The predicted octanol–water partition coefficient (Wildman–Crippen LogP) is 5.07. The van der Waals surface area contributed by atoms with Gasteiger partial charge in [0.25, 0.3) is 0 Å². The van der Waals surface area contributed by atoms with E-state index in [1.54, 1.807) is 30.3 Å². The zero-order valence-corrected chi connectivity index (χ0v) is 20.0. The van der Waals surface area contributed by atoms with Crippen molar-refractivity contribution in [3.05, 3.63) is 88.7 Å². The monoisotopic (exact) mass is 513 g/mol. The summed E-state index contributed by atoms with van der Waals surface area (Å²) in [6.07, 6.45) is -4.71. The highest BCUT2D eigenvalue weighted by molar-refractivity contribution is 6.36. The molecule has 0 saturated carbocycles. The maximum absolute atomic E-state index is 13.9. The second-order valence-corrected chi connectivity index (χ2v) is 9.13. The molecule has 0 radical (unpaired) electrons. The number of alkyl halides is 3. The number of fused-ring (bicyclic) bond motifs is 1. The molecule has 0 atom stereocenters. The van der Waals surface area contributed by atoms with E-state index in [2.05, 4.69) is 27.1 Å². The van der Waals surface area contributed by atoms with E-state index < -0.39 is 17.7 Å². The SMILES string of the molecule is O=C(CN1CCN(Cc2ccccc2)CC1)c1nn2c(C(F)(F)F)cc(-c3ccccc3)nc2c1Cl. The molecule has 0 amide bonds. The second-order valence-electron chi connectivity index (χ2n) is 8.75. The van der Waals surface area contributed by atoms with Crippen LogP contribution in [0.1, 0.15) is 21.7 Å². The number of nitrogens with zero attached hydrogens (tertiary/aromatic N) is 5. The van der Waals surface area contributed by atoms with Gasteiger partial charge in [-0.05, 0) is 11.6 Å². The van der Waals surface area contributed by atoms with E-state index >= 15 is 0 Å². The first kappa shape index (κ1) is 24.4. The van der Waals surface area contributed by atoms with Crippen molar-refractivity contribution in [2.45, 2.75) is 12.7 Å². The number of rotatable bonds is 6. The molecule has 0 aliphatic carbocycles.